The third-order valence-electron chi connectivity index (χ3n) is 4.75. The van der Waals surface area contributed by atoms with Gasteiger partial charge in [-0.05, 0) is 36.4 Å². The number of nitrogens with one attached hydrogen (secondary N) is 1. The average Bonchev–Trinajstić information content (AvgIpc) is 2.69. The number of halogens is 3. The molecule has 0 bridgehead atoms. The number of benzene rings is 2. The molecule has 1 heterocycles. The number of β-amino-alcohol motifs (C(OH)–C–C–N with tert-alkyl or cyclic N) is 2. The zero-order chi connectivity index (χ0) is 21.0. The molecule has 3 N–H and O–H groups in total. The third kappa shape index (κ3) is 4.80. The van der Waals surface area contributed by atoms with Crippen LogP contribution >= 0.6 is 0 Å². The summed E-state index contributed by atoms with van der Waals surface area (Å²) in [6.45, 7) is 2.04. The van der Waals surface area contributed by atoms with Crippen LogP contribution in [0.2, 0.25) is 0 Å². The van der Waals surface area contributed by atoms with Crippen LogP contribution in [-0.4, -0.2) is 55.5 Å². The number of aliphatic hydroxyl groups excluding tert-OH is 2. The van der Waals surface area contributed by atoms with Gasteiger partial charge in [-0.3, -0.25) is 4.79 Å². The Morgan fingerprint density at radius 1 is 0.966 bits per heavy atom. The molecule has 0 aliphatic carbocycles. The van der Waals surface area contributed by atoms with Crippen molar-refractivity contribution in [3.63, 3.8) is 0 Å². The van der Waals surface area contributed by atoms with E-state index in [1.165, 1.54) is 12.1 Å². The molecule has 1 amide bonds. The molecular weight excluding hydrogens is 387 g/mol. The number of fused-ring (bicyclic) bond motifs is 1. The average molecular weight is 409 g/mol. The first-order valence-electron chi connectivity index (χ1n) is 9.18. The van der Waals surface area contributed by atoms with E-state index in [2.05, 4.69) is 5.32 Å². The quantitative estimate of drug-likeness (QED) is 0.684. The smallest absolute Gasteiger partial charge is 0.395 e. The summed E-state index contributed by atoms with van der Waals surface area (Å²) in [6, 6.07) is 9.45. The molecule has 2 aromatic rings. The highest BCUT2D eigenvalue weighted by molar-refractivity contribution is 6.05. The first kappa shape index (κ1) is 20.9. The standard InChI is InChI=1S/C20H22F3N3O3/c21-20(22,23)15-2-1-3-16(13-15)24-19(29)14-4-5-17-18(12-14)26(9-11-28)7-6-25(17)8-10-27/h1-5,12-13,27-28H,6-11H2,(H,24,29). The van der Waals surface area contributed by atoms with Gasteiger partial charge in [-0.15, -0.1) is 0 Å². The lowest BCUT2D eigenvalue weighted by Crippen LogP contribution is -2.43. The molecule has 0 radical (unpaired) electrons. The minimum absolute atomic E-state index is 0.0166. The van der Waals surface area contributed by atoms with E-state index in [0.717, 1.165) is 23.5 Å². The molecule has 156 valence electrons. The first-order chi connectivity index (χ1) is 13.8. The van der Waals surface area contributed by atoms with E-state index in [-0.39, 0.29) is 24.5 Å². The number of anilines is 3. The minimum atomic E-state index is -4.49. The maximum absolute atomic E-state index is 12.9. The summed E-state index contributed by atoms with van der Waals surface area (Å²) in [5.41, 5.74) is 1.06. The number of nitrogens with zero attached hydrogens (tertiary/aromatic N) is 2. The predicted molar refractivity (Wildman–Crippen MR) is 104 cm³/mol. The largest absolute Gasteiger partial charge is 0.416 e. The molecule has 0 saturated heterocycles. The highest BCUT2D eigenvalue weighted by Gasteiger charge is 2.30. The second-order valence-corrected chi connectivity index (χ2v) is 6.66. The normalized spacial score (nSPS) is 14.0. The van der Waals surface area contributed by atoms with Gasteiger partial charge >= 0.3 is 6.18 Å². The van der Waals surface area contributed by atoms with Crippen molar-refractivity contribution < 1.29 is 28.2 Å². The van der Waals surface area contributed by atoms with Gasteiger partial charge in [0.25, 0.3) is 5.91 Å². The Labute approximate surface area is 166 Å². The van der Waals surface area contributed by atoms with Gasteiger partial charge in [-0.2, -0.15) is 13.2 Å². The van der Waals surface area contributed by atoms with Crippen molar-refractivity contribution in [3.8, 4) is 0 Å². The van der Waals surface area contributed by atoms with Crippen LogP contribution in [0.1, 0.15) is 15.9 Å². The SMILES string of the molecule is O=C(Nc1cccc(C(F)(F)F)c1)c1ccc2c(c1)N(CCO)CCN2CCO. The van der Waals surface area contributed by atoms with Crippen LogP contribution in [0.3, 0.4) is 0 Å². The second-order valence-electron chi connectivity index (χ2n) is 6.66. The number of hydrogen-bond acceptors (Lipinski definition) is 5. The van der Waals surface area contributed by atoms with Gasteiger partial charge in [-0.25, -0.2) is 0 Å². The summed E-state index contributed by atoms with van der Waals surface area (Å²) in [4.78, 5) is 16.5. The maximum Gasteiger partial charge on any atom is 0.416 e. The number of amides is 1. The molecule has 0 aromatic heterocycles. The Morgan fingerprint density at radius 2 is 1.62 bits per heavy atom. The van der Waals surface area contributed by atoms with E-state index in [1.54, 1.807) is 18.2 Å². The summed E-state index contributed by atoms with van der Waals surface area (Å²) < 4.78 is 38.6. The monoisotopic (exact) mass is 409 g/mol. The molecule has 0 unspecified atom stereocenters. The number of aliphatic hydroxyl groups is 2. The lowest BCUT2D eigenvalue weighted by molar-refractivity contribution is -0.137. The van der Waals surface area contributed by atoms with Crippen LogP contribution in [0.15, 0.2) is 42.5 Å². The van der Waals surface area contributed by atoms with Crippen LogP contribution < -0.4 is 15.1 Å². The van der Waals surface area contributed by atoms with Gasteiger partial charge in [-0.1, -0.05) is 6.07 Å². The van der Waals surface area contributed by atoms with Crippen LogP contribution in [0.5, 0.6) is 0 Å². The molecule has 0 spiro atoms. The van der Waals surface area contributed by atoms with Crippen molar-refractivity contribution in [1.29, 1.82) is 0 Å². The van der Waals surface area contributed by atoms with E-state index >= 15 is 0 Å². The number of rotatable bonds is 6. The molecule has 3 rings (SSSR count). The van der Waals surface area contributed by atoms with E-state index in [1.807, 2.05) is 9.80 Å². The Hall–Kier alpha value is -2.78. The number of alkyl halides is 3. The van der Waals surface area contributed by atoms with Crippen molar-refractivity contribution >= 4 is 23.0 Å². The molecule has 0 saturated carbocycles. The van der Waals surface area contributed by atoms with E-state index in [0.29, 0.717) is 26.2 Å². The third-order valence-corrected chi connectivity index (χ3v) is 4.75. The summed E-state index contributed by atoms with van der Waals surface area (Å²) in [7, 11) is 0. The Bertz CT molecular complexity index is 874. The number of carbonyl (C=O) groups excluding carboxylic acids is 1. The van der Waals surface area contributed by atoms with E-state index < -0.39 is 17.6 Å². The van der Waals surface area contributed by atoms with Crippen molar-refractivity contribution in [2.45, 2.75) is 6.18 Å². The highest BCUT2D eigenvalue weighted by atomic mass is 19.4. The van der Waals surface area contributed by atoms with Crippen molar-refractivity contribution in [1.82, 2.24) is 0 Å². The molecule has 6 nitrogen and oxygen atoms in total. The predicted octanol–water partition coefficient (Wildman–Crippen LogP) is 2.57. The Morgan fingerprint density at radius 3 is 2.24 bits per heavy atom. The lowest BCUT2D eigenvalue weighted by Gasteiger charge is -2.38. The van der Waals surface area contributed by atoms with Gasteiger partial charge in [0, 0.05) is 37.4 Å². The van der Waals surface area contributed by atoms with Crippen molar-refractivity contribution in [3.05, 3.63) is 53.6 Å². The molecule has 0 atom stereocenters. The van der Waals surface area contributed by atoms with E-state index in [9.17, 15) is 28.2 Å². The Balaban J connectivity index is 1.86. The van der Waals surface area contributed by atoms with Gasteiger partial charge < -0.3 is 25.3 Å². The fraction of sp³-hybridized carbons (Fsp3) is 0.350. The van der Waals surface area contributed by atoms with Crippen molar-refractivity contribution in [2.24, 2.45) is 0 Å². The number of carbonyl (C=O) groups is 1. The molecule has 29 heavy (non-hydrogen) atoms. The molecule has 9 heteroatoms. The zero-order valence-electron chi connectivity index (χ0n) is 15.6. The number of hydrogen-bond donors (Lipinski definition) is 3. The van der Waals surface area contributed by atoms with Crippen LogP contribution in [-0.2, 0) is 6.18 Å². The lowest BCUT2D eigenvalue weighted by atomic mass is 10.1. The summed E-state index contributed by atoms with van der Waals surface area (Å²) in [5, 5.41) is 21.1. The molecular formula is C20H22F3N3O3. The maximum atomic E-state index is 12.9. The van der Waals surface area contributed by atoms with Gasteiger partial charge in [0.2, 0.25) is 0 Å². The highest BCUT2D eigenvalue weighted by Crippen LogP contribution is 2.34. The fourth-order valence-corrected chi connectivity index (χ4v) is 3.35. The molecule has 1 aliphatic heterocycles. The molecule has 1 aliphatic rings. The van der Waals surface area contributed by atoms with Gasteiger partial charge in [0.05, 0.1) is 30.2 Å². The molecule has 2 aromatic carbocycles. The van der Waals surface area contributed by atoms with Gasteiger partial charge in [0.1, 0.15) is 0 Å². The summed E-state index contributed by atoms with van der Waals surface area (Å²) >= 11 is 0. The summed E-state index contributed by atoms with van der Waals surface area (Å²) in [5.74, 6) is -0.532. The van der Waals surface area contributed by atoms with Crippen LogP contribution in [0.25, 0.3) is 0 Å². The second kappa shape index (κ2) is 8.71. The van der Waals surface area contributed by atoms with Crippen LogP contribution in [0, 0.1) is 0 Å². The zero-order valence-corrected chi connectivity index (χ0v) is 15.6. The Kier molecular flexibility index (Phi) is 6.29. The van der Waals surface area contributed by atoms with Gasteiger partial charge in [0.15, 0.2) is 0 Å². The fourth-order valence-electron chi connectivity index (χ4n) is 3.35. The first-order valence-corrected chi connectivity index (χ1v) is 9.18. The minimum Gasteiger partial charge on any atom is -0.395 e. The van der Waals surface area contributed by atoms with E-state index in [4.69, 9.17) is 0 Å². The van der Waals surface area contributed by atoms with Crippen LogP contribution in [0.4, 0.5) is 30.2 Å². The van der Waals surface area contributed by atoms with Crippen molar-refractivity contribution in [2.75, 3.05) is 54.5 Å². The topological polar surface area (TPSA) is 76.0 Å². The molecule has 0 fully saturated rings. The summed E-state index contributed by atoms with van der Waals surface area (Å²) in [6.07, 6.45) is -4.49.